The van der Waals surface area contributed by atoms with Crippen LogP contribution in [0.4, 0.5) is 5.69 Å². The van der Waals surface area contributed by atoms with Crippen LogP contribution in [-0.4, -0.2) is 48.1 Å². The number of halogens is 1. The third kappa shape index (κ3) is 6.37. The molecule has 8 nitrogen and oxygen atoms in total. The largest absolute Gasteiger partial charge is 0.506 e. The molecule has 3 aromatic rings. The number of aliphatic hydroxyl groups excluding tert-OH is 2. The van der Waals surface area contributed by atoms with E-state index in [0.29, 0.717) is 12.0 Å². The van der Waals surface area contributed by atoms with Crippen molar-refractivity contribution < 1.29 is 28.8 Å². The number of phenols is 2. The van der Waals surface area contributed by atoms with Gasteiger partial charge < -0.3 is 25.7 Å². The van der Waals surface area contributed by atoms with Crippen molar-refractivity contribution in [2.75, 3.05) is 17.9 Å². The summed E-state index contributed by atoms with van der Waals surface area (Å²) in [5, 5.41) is 42.8. The van der Waals surface area contributed by atoms with Gasteiger partial charge in [-0.15, -0.1) is 0 Å². The highest BCUT2D eigenvalue weighted by Gasteiger charge is 2.20. The molecule has 0 saturated carbocycles. The summed E-state index contributed by atoms with van der Waals surface area (Å²) in [6, 6.07) is 15.6. The van der Waals surface area contributed by atoms with E-state index in [9.17, 15) is 28.8 Å². The molecule has 6 N–H and O–H groups in total. The van der Waals surface area contributed by atoms with Crippen LogP contribution in [0, 0.1) is 0 Å². The number of sulfonamides is 1. The summed E-state index contributed by atoms with van der Waals surface area (Å²) >= 11 is 5.95. The van der Waals surface area contributed by atoms with Gasteiger partial charge in [0.25, 0.3) is 10.0 Å². The predicted octanol–water partition coefficient (Wildman–Crippen LogP) is 2.78. The summed E-state index contributed by atoms with van der Waals surface area (Å²) in [6.45, 7) is -0.594. The van der Waals surface area contributed by atoms with Crippen LogP contribution < -0.4 is 10.0 Å². The molecule has 0 spiro atoms. The highest BCUT2D eigenvalue weighted by molar-refractivity contribution is 7.92. The Bertz CT molecular complexity index is 1190. The molecule has 176 valence electrons. The Morgan fingerprint density at radius 1 is 0.879 bits per heavy atom. The SMILES string of the molecule is O=S(=O)(Nc1cc([C@H](CO)N[C@H](CO)Cc2ccc(O)c(Cl)c2)ccc1O)c1ccccc1. The third-order valence-electron chi connectivity index (χ3n) is 5.05. The summed E-state index contributed by atoms with van der Waals surface area (Å²) in [4.78, 5) is 0.0412. The quantitative estimate of drug-likeness (QED) is 0.239. The first kappa shape index (κ1) is 24.8. The van der Waals surface area contributed by atoms with Gasteiger partial charge in [0.05, 0.1) is 34.9 Å². The van der Waals surface area contributed by atoms with Gasteiger partial charge >= 0.3 is 0 Å². The van der Waals surface area contributed by atoms with Crippen LogP contribution in [0.25, 0.3) is 0 Å². The van der Waals surface area contributed by atoms with Crippen molar-refractivity contribution in [3.8, 4) is 11.5 Å². The van der Waals surface area contributed by atoms with Gasteiger partial charge in [-0.1, -0.05) is 41.9 Å². The van der Waals surface area contributed by atoms with E-state index < -0.39 is 22.1 Å². The first-order valence-electron chi connectivity index (χ1n) is 10.1. The molecular formula is C23H25ClN2O6S. The molecule has 0 amide bonds. The molecule has 2 atom stereocenters. The maximum absolute atomic E-state index is 12.6. The van der Waals surface area contributed by atoms with Crippen LogP contribution in [0.5, 0.6) is 11.5 Å². The number of aliphatic hydroxyl groups is 2. The fourth-order valence-electron chi connectivity index (χ4n) is 3.33. The van der Waals surface area contributed by atoms with E-state index in [2.05, 4.69) is 10.0 Å². The second kappa shape index (κ2) is 10.9. The Morgan fingerprint density at radius 3 is 2.21 bits per heavy atom. The predicted molar refractivity (Wildman–Crippen MR) is 126 cm³/mol. The summed E-state index contributed by atoms with van der Waals surface area (Å²) in [6.07, 6.45) is 0.360. The fourth-order valence-corrected chi connectivity index (χ4v) is 4.62. The Morgan fingerprint density at radius 2 is 1.58 bits per heavy atom. The molecule has 0 bridgehead atoms. The minimum Gasteiger partial charge on any atom is -0.506 e. The summed E-state index contributed by atoms with van der Waals surface area (Å²) in [5.41, 5.74) is 1.23. The zero-order valence-corrected chi connectivity index (χ0v) is 19.1. The van der Waals surface area contributed by atoms with Crippen molar-refractivity contribution in [1.29, 1.82) is 0 Å². The number of phenolic OH excluding ortho intramolecular Hbond substituents is 2. The molecule has 10 heteroatoms. The van der Waals surface area contributed by atoms with Gasteiger partial charge in [-0.05, 0) is 53.9 Å². The number of aromatic hydroxyl groups is 2. The van der Waals surface area contributed by atoms with Crippen LogP contribution in [0.15, 0.2) is 71.6 Å². The minimum atomic E-state index is -3.93. The summed E-state index contributed by atoms with van der Waals surface area (Å²) in [5.74, 6) is -0.316. The average molecular weight is 493 g/mol. The van der Waals surface area contributed by atoms with Crippen molar-refractivity contribution in [2.45, 2.75) is 23.4 Å². The molecule has 0 aliphatic rings. The zero-order chi connectivity index (χ0) is 24.0. The molecular weight excluding hydrogens is 468 g/mol. The number of rotatable bonds is 10. The van der Waals surface area contributed by atoms with Crippen molar-refractivity contribution in [3.05, 3.63) is 82.9 Å². The van der Waals surface area contributed by atoms with Gasteiger partial charge in [0, 0.05) is 6.04 Å². The molecule has 33 heavy (non-hydrogen) atoms. The second-order valence-corrected chi connectivity index (χ2v) is 9.56. The molecule has 0 aliphatic heterocycles. The van der Waals surface area contributed by atoms with Gasteiger partial charge in [0.2, 0.25) is 0 Å². The van der Waals surface area contributed by atoms with Crippen LogP contribution in [0.2, 0.25) is 5.02 Å². The Kier molecular flexibility index (Phi) is 8.17. The zero-order valence-electron chi connectivity index (χ0n) is 17.5. The van der Waals surface area contributed by atoms with Crippen molar-refractivity contribution in [3.63, 3.8) is 0 Å². The van der Waals surface area contributed by atoms with Crippen LogP contribution in [-0.2, 0) is 16.4 Å². The number of anilines is 1. The van der Waals surface area contributed by atoms with Gasteiger partial charge in [-0.3, -0.25) is 4.72 Å². The first-order chi connectivity index (χ1) is 15.7. The number of benzene rings is 3. The van der Waals surface area contributed by atoms with Crippen LogP contribution >= 0.6 is 11.6 Å². The van der Waals surface area contributed by atoms with Gasteiger partial charge in [0.15, 0.2) is 0 Å². The molecule has 3 rings (SSSR count). The highest BCUT2D eigenvalue weighted by atomic mass is 35.5. The van der Waals surface area contributed by atoms with Gasteiger partial charge in [-0.2, -0.15) is 0 Å². The number of hydrogen-bond acceptors (Lipinski definition) is 7. The second-order valence-electron chi connectivity index (χ2n) is 7.47. The van der Waals surface area contributed by atoms with E-state index in [1.807, 2.05) is 0 Å². The molecule has 0 radical (unpaired) electrons. The lowest BCUT2D eigenvalue weighted by Crippen LogP contribution is -2.39. The van der Waals surface area contributed by atoms with E-state index in [4.69, 9.17) is 11.6 Å². The van der Waals surface area contributed by atoms with Crippen molar-refractivity contribution in [1.82, 2.24) is 5.32 Å². The molecule has 3 aromatic carbocycles. The van der Waals surface area contributed by atoms with Crippen LogP contribution in [0.1, 0.15) is 17.2 Å². The van der Waals surface area contributed by atoms with Crippen molar-refractivity contribution >= 4 is 27.3 Å². The number of hydrogen-bond donors (Lipinski definition) is 6. The fraction of sp³-hybridized carbons (Fsp3) is 0.217. The average Bonchev–Trinajstić information content (AvgIpc) is 2.81. The minimum absolute atomic E-state index is 0.0394. The lowest BCUT2D eigenvalue weighted by Gasteiger charge is -2.24. The maximum atomic E-state index is 12.6. The Labute approximate surface area is 197 Å². The van der Waals surface area contributed by atoms with E-state index in [1.54, 1.807) is 36.4 Å². The lowest BCUT2D eigenvalue weighted by molar-refractivity contribution is 0.193. The van der Waals surface area contributed by atoms with Crippen LogP contribution in [0.3, 0.4) is 0 Å². The maximum Gasteiger partial charge on any atom is 0.262 e. The molecule has 0 saturated heterocycles. The Hall–Kier alpha value is -2.82. The topological polar surface area (TPSA) is 139 Å². The molecule has 0 aromatic heterocycles. The van der Waals surface area contributed by atoms with E-state index >= 15 is 0 Å². The monoisotopic (exact) mass is 492 g/mol. The Balaban J connectivity index is 1.79. The molecule has 0 aliphatic carbocycles. The van der Waals surface area contributed by atoms with E-state index in [1.165, 1.54) is 30.3 Å². The lowest BCUT2D eigenvalue weighted by atomic mass is 10.0. The highest BCUT2D eigenvalue weighted by Crippen LogP contribution is 2.30. The summed E-state index contributed by atoms with van der Waals surface area (Å²) in [7, 11) is -3.93. The third-order valence-corrected chi connectivity index (χ3v) is 6.74. The van der Waals surface area contributed by atoms with E-state index in [0.717, 1.165) is 5.56 Å². The number of nitrogens with one attached hydrogen (secondary N) is 2. The van der Waals surface area contributed by atoms with E-state index in [-0.39, 0.29) is 40.3 Å². The first-order valence-corrected chi connectivity index (χ1v) is 12.0. The standard InChI is InChI=1S/C23H25ClN2O6S/c24-19-11-15(6-8-22(19)29)10-17(13-27)25-21(14-28)16-7-9-23(30)20(12-16)26-33(31,32)18-4-2-1-3-5-18/h1-9,11-12,17,21,25-30H,10,13-14H2/t17-,21-/m0/s1. The van der Waals surface area contributed by atoms with Gasteiger partial charge in [0.1, 0.15) is 11.5 Å². The van der Waals surface area contributed by atoms with Gasteiger partial charge in [-0.25, -0.2) is 8.42 Å². The van der Waals surface area contributed by atoms with Crippen molar-refractivity contribution in [2.24, 2.45) is 0 Å². The normalized spacial score (nSPS) is 13.4. The molecule has 0 fully saturated rings. The molecule has 0 unspecified atom stereocenters. The summed E-state index contributed by atoms with van der Waals surface area (Å²) < 4.78 is 27.6. The smallest absolute Gasteiger partial charge is 0.262 e. The molecule has 0 heterocycles.